The van der Waals surface area contributed by atoms with Gasteiger partial charge in [-0.1, -0.05) is 6.42 Å². The highest BCUT2D eigenvalue weighted by atomic mass is 19.4. The minimum atomic E-state index is -4.77. The van der Waals surface area contributed by atoms with Crippen LogP contribution in [-0.2, 0) is 6.18 Å². The van der Waals surface area contributed by atoms with Crippen molar-refractivity contribution in [3.63, 3.8) is 0 Å². The van der Waals surface area contributed by atoms with Gasteiger partial charge in [0.05, 0.1) is 5.56 Å². The Hall–Kier alpha value is -2.19. The highest BCUT2D eigenvalue weighted by molar-refractivity contribution is 5.89. The molecule has 2 atom stereocenters. The van der Waals surface area contributed by atoms with Crippen LogP contribution in [0.15, 0.2) is 23.0 Å². The van der Waals surface area contributed by atoms with Gasteiger partial charge in [0, 0.05) is 34.6 Å². The second-order valence-corrected chi connectivity index (χ2v) is 6.85. The van der Waals surface area contributed by atoms with Crippen molar-refractivity contribution in [2.75, 3.05) is 11.4 Å². The number of aromatic nitrogens is 1. The number of benzene rings is 1. The van der Waals surface area contributed by atoms with E-state index < -0.39 is 30.0 Å². The number of nitrogens with zero attached hydrogens (tertiary/aromatic N) is 1. The molecule has 1 aromatic heterocycles. The van der Waals surface area contributed by atoms with Gasteiger partial charge in [0.1, 0.15) is 6.54 Å². The summed E-state index contributed by atoms with van der Waals surface area (Å²) in [6.45, 7) is -1.20. The van der Waals surface area contributed by atoms with Crippen LogP contribution >= 0.6 is 0 Å². The zero-order valence-electron chi connectivity index (χ0n) is 13.3. The van der Waals surface area contributed by atoms with Crippen LogP contribution in [0.25, 0.3) is 10.9 Å². The third kappa shape index (κ3) is 2.73. The Kier molecular flexibility index (Phi) is 3.58. The topological polar surface area (TPSA) is 36.1 Å². The fourth-order valence-electron chi connectivity index (χ4n) is 4.34. The predicted octanol–water partition coefficient (Wildman–Crippen LogP) is 4.57. The minimum Gasteiger partial charge on any atom is -0.359 e. The Bertz CT molecular complexity index is 930. The Morgan fingerprint density at radius 3 is 2.46 bits per heavy atom. The van der Waals surface area contributed by atoms with Crippen LogP contribution in [0.1, 0.15) is 36.3 Å². The summed E-state index contributed by atoms with van der Waals surface area (Å²) in [6.07, 6.45) is -7.22. The molecule has 4 rings (SSSR count). The highest BCUT2D eigenvalue weighted by Gasteiger charge is 2.46. The number of fused-ring (bicyclic) bond motifs is 4. The molecule has 1 saturated carbocycles. The van der Waals surface area contributed by atoms with Gasteiger partial charge in [0.15, 0.2) is 0 Å². The lowest BCUT2D eigenvalue weighted by Gasteiger charge is -2.28. The van der Waals surface area contributed by atoms with Gasteiger partial charge in [-0.3, -0.25) is 4.79 Å². The average Bonchev–Trinajstić information content (AvgIpc) is 3.06. The maximum atomic E-state index is 13.3. The van der Waals surface area contributed by atoms with Crippen LogP contribution in [-0.4, -0.2) is 23.7 Å². The van der Waals surface area contributed by atoms with Crippen LogP contribution in [0, 0.1) is 0 Å². The quantitative estimate of drug-likeness (QED) is 0.741. The number of H-pyrrole nitrogens is 1. The van der Waals surface area contributed by atoms with Gasteiger partial charge in [-0.2, -0.15) is 26.3 Å². The lowest BCUT2D eigenvalue weighted by molar-refractivity contribution is -0.136. The zero-order chi connectivity index (χ0) is 18.9. The summed E-state index contributed by atoms with van der Waals surface area (Å²) in [4.78, 5) is 15.2. The Labute approximate surface area is 143 Å². The van der Waals surface area contributed by atoms with Crippen molar-refractivity contribution in [2.24, 2.45) is 0 Å². The van der Waals surface area contributed by atoms with E-state index in [0.717, 1.165) is 12.5 Å². The molecule has 1 aliphatic heterocycles. The monoisotopic (exact) mass is 376 g/mol. The molecular formula is C17H14F6N2O. The van der Waals surface area contributed by atoms with Gasteiger partial charge in [-0.15, -0.1) is 0 Å². The van der Waals surface area contributed by atoms with Crippen molar-refractivity contribution in [2.45, 2.75) is 43.6 Å². The standard InChI is InChI=1S/C17H14F6N2O/c18-16(19,20)7-25-13-3-1-2-8(13)9-4-12-10(5-14(9)25)11(17(21,22)23)6-15(26)24-12/h4-6,8,13H,1-3,7H2,(H,24,26). The van der Waals surface area contributed by atoms with Gasteiger partial charge in [0.25, 0.3) is 0 Å². The van der Waals surface area contributed by atoms with Crippen LogP contribution in [0.2, 0.25) is 0 Å². The third-order valence-electron chi connectivity index (χ3n) is 5.23. The lowest BCUT2D eigenvalue weighted by atomic mass is 9.95. The summed E-state index contributed by atoms with van der Waals surface area (Å²) in [5.41, 5.74) is -1.26. The molecule has 3 nitrogen and oxygen atoms in total. The number of halogens is 6. The van der Waals surface area contributed by atoms with Crippen molar-refractivity contribution in [1.82, 2.24) is 4.98 Å². The highest BCUT2D eigenvalue weighted by Crippen LogP contribution is 2.51. The van der Waals surface area contributed by atoms with Crippen LogP contribution in [0.3, 0.4) is 0 Å². The molecule has 1 aromatic carbocycles. The fraction of sp³-hybridized carbons (Fsp3) is 0.471. The molecule has 0 saturated heterocycles. The maximum absolute atomic E-state index is 13.3. The first-order chi connectivity index (χ1) is 12.0. The molecule has 0 spiro atoms. The van der Waals surface area contributed by atoms with Crippen molar-refractivity contribution in [1.29, 1.82) is 0 Å². The fourth-order valence-corrected chi connectivity index (χ4v) is 4.34. The number of hydrogen-bond donors (Lipinski definition) is 1. The molecule has 2 aliphatic rings. The summed E-state index contributed by atoms with van der Waals surface area (Å²) in [5.74, 6) is -0.158. The molecular weight excluding hydrogens is 362 g/mol. The van der Waals surface area contributed by atoms with Crippen LogP contribution < -0.4 is 10.5 Å². The second-order valence-electron chi connectivity index (χ2n) is 6.85. The van der Waals surface area contributed by atoms with Gasteiger partial charge in [-0.05, 0) is 30.5 Å². The summed E-state index contributed by atoms with van der Waals surface area (Å²) < 4.78 is 79.0. The minimum absolute atomic E-state index is 0.00286. The smallest absolute Gasteiger partial charge is 0.359 e. The molecule has 0 radical (unpaired) electrons. The van der Waals surface area contributed by atoms with Gasteiger partial charge >= 0.3 is 12.4 Å². The van der Waals surface area contributed by atoms with Gasteiger partial charge < -0.3 is 9.88 Å². The first-order valence-corrected chi connectivity index (χ1v) is 8.16. The number of pyridine rings is 1. The Morgan fingerprint density at radius 2 is 1.81 bits per heavy atom. The first kappa shape index (κ1) is 17.2. The summed E-state index contributed by atoms with van der Waals surface area (Å²) in [6, 6.07) is 2.64. The van der Waals surface area contributed by atoms with Gasteiger partial charge in [-0.25, -0.2) is 0 Å². The largest absolute Gasteiger partial charge is 0.417 e. The second kappa shape index (κ2) is 5.40. The molecule has 1 aliphatic carbocycles. The molecule has 1 fully saturated rings. The normalized spacial score (nSPS) is 22.8. The molecule has 2 aromatic rings. The van der Waals surface area contributed by atoms with Crippen molar-refractivity contribution >= 4 is 16.6 Å². The molecule has 0 bridgehead atoms. The predicted molar refractivity (Wildman–Crippen MR) is 83.4 cm³/mol. The average molecular weight is 376 g/mol. The molecule has 2 heterocycles. The molecule has 140 valence electrons. The van der Waals surface area contributed by atoms with Crippen LogP contribution in [0.5, 0.6) is 0 Å². The van der Waals surface area contributed by atoms with E-state index in [0.29, 0.717) is 24.5 Å². The van der Waals surface area contributed by atoms with E-state index in [1.165, 1.54) is 11.0 Å². The Balaban J connectivity index is 1.95. The number of nitrogens with one attached hydrogen (secondary N) is 1. The van der Waals surface area contributed by atoms with E-state index in [-0.39, 0.29) is 28.6 Å². The molecule has 26 heavy (non-hydrogen) atoms. The molecule has 2 unspecified atom stereocenters. The maximum Gasteiger partial charge on any atom is 0.417 e. The molecule has 9 heteroatoms. The van der Waals surface area contributed by atoms with Crippen molar-refractivity contribution < 1.29 is 26.3 Å². The van der Waals surface area contributed by atoms with Crippen LogP contribution in [0.4, 0.5) is 32.0 Å². The van der Waals surface area contributed by atoms with E-state index in [9.17, 15) is 31.1 Å². The van der Waals surface area contributed by atoms with E-state index in [2.05, 4.69) is 4.98 Å². The van der Waals surface area contributed by atoms with E-state index >= 15 is 0 Å². The number of anilines is 1. The summed E-state index contributed by atoms with van der Waals surface area (Å²) in [7, 11) is 0. The summed E-state index contributed by atoms with van der Waals surface area (Å²) >= 11 is 0. The van der Waals surface area contributed by atoms with E-state index in [4.69, 9.17) is 0 Å². The first-order valence-electron chi connectivity index (χ1n) is 8.16. The van der Waals surface area contributed by atoms with Gasteiger partial charge in [0.2, 0.25) is 5.56 Å². The van der Waals surface area contributed by atoms with Crippen molar-refractivity contribution in [3.05, 3.63) is 39.7 Å². The zero-order valence-corrected chi connectivity index (χ0v) is 13.3. The number of aromatic amines is 1. The number of hydrogen-bond acceptors (Lipinski definition) is 2. The van der Waals surface area contributed by atoms with E-state index in [1.807, 2.05) is 0 Å². The van der Waals surface area contributed by atoms with Crippen molar-refractivity contribution in [3.8, 4) is 0 Å². The number of rotatable bonds is 1. The van der Waals surface area contributed by atoms with E-state index in [1.54, 1.807) is 0 Å². The third-order valence-corrected chi connectivity index (χ3v) is 5.23. The SMILES string of the molecule is O=c1cc(C(F)(F)F)c2cc3c(cc2[nH]1)C1CCCC1N3CC(F)(F)F. The number of alkyl halides is 6. The lowest BCUT2D eigenvalue weighted by Crippen LogP contribution is -2.39. The summed E-state index contributed by atoms with van der Waals surface area (Å²) in [5, 5.41) is -0.289. The molecule has 1 N–H and O–H groups in total. The Morgan fingerprint density at radius 1 is 1.08 bits per heavy atom. The molecule has 0 amide bonds.